The van der Waals surface area contributed by atoms with Crippen LogP contribution >= 0.6 is 0 Å². The minimum atomic E-state index is 0.0237. The van der Waals surface area contributed by atoms with Crippen LogP contribution in [0.5, 0.6) is 11.5 Å². The molecule has 18 heavy (non-hydrogen) atoms. The molecule has 1 aromatic carbocycles. The van der Waals surface area contributed by atoms with Crippen molar-refractivity contribution >= 4 is 0 Å². The number of hydrogen-bond acceptors (Lipinski definition) is 3. The molecule has 0 amide bonds. The average Bonchev–Trinajstić information content (AvgIpc) is 2.78. The van der Waals surface area contributed by atoms with Crippen LogP contribution in [0.2, 0.25) is 0 Å². The third-order valence-electron chi connectivity index (χ3n) is 4.56. The van der Waals surface area contributed by atoms with Crippen LogP contribution in [0.3, 0.4) is 0 Å². The number of fused-ring (bicyclic) bond motifs is 3. The molecule has 2 atom stereocenters. The summed E-state index contributed by atoms with van der Waals surface area (Å²) in [5.41, 5.74) is 2.25. The number of hydrogen-bond donors (Lipinski definition) is 2. The van der Waals surface area contributed by atoms with Crippen LogP contribution in [0.25, 0.3) is 0 Å². The van der Waals surface area contributed by atoms with E-state index in [0.717, 1.165) is 18.4 Å². The Hall–Kier alpha value is -1.22. The van der Waals surface area contributed by atoms with Gasteiger partial charge >= 0.3 is 0 Å². The summed E-state index contributed by atoms with van der Waals surface area (Å²) in [6, 6.07) is 4.29. The van der Waals surface area contributed by atoms with E-state index >= 15 is 0 Å². The van der Waals surface area contributed by atoms with Gasteiger partial charge in [-0.15, -0.1) is 0 Å². The fraction of sp³-hybridized carbons (Fsp3) is 0.600. The maximum Gasteiger partial charge on any atom is 0.160 e. The standard InChI is InChI=1S/C15H21NO2/c1-2-8-16-9-7-11-10-4-6-14(17)15(18)12(10)3-5-13(11)16/h4,6,11,13,17-18H,2-3,5,7-9H2,1H3/t11-,13-/m1/s1. The maximum atomic E-state index is 9.97. The second-order valence-electron chi connectivity index (χ2n) is 5.54. The first-order chi connectivity index (χ1) is 8.72. The quantitative estimate of drug-likeness (QED) is 0.790. The molecule has 1 aromatic rings. The van der Waals surface area contributed by atoms with Crippen LogP contribution in [-0.2, 0) is 6.42 Å². The largest absolute Gasteiger partial charge is 0.504 e. The van der Waals surface area contributed by atoms with Crippen LogP contribution in [0, 0.1) is 0 Å². The molecule has 1 fully saturated rings. The third kappa shape index (κ3) is 1.69. The van der Waals surface area contributed by atoms with E-state index in [1.807, 2.05) is 6.07 Å². The first kappa shape index (κ1) is 11.8. The molecule has 2 N–H and O–H groups in total. The summed E-state index contributed by atoms with van der Waals surface area (Å²) in [5, 5.41) is 19.6. The van der Waals surface area contributed by atoms with Gasteiger partial charge < -0.3 is 10.2 Å². The lowest BCUT2D eigenvalue weighted by atomic mass is 9.79. The molecule has 1 aliphatic carbocycles. The normalized spacial score (nSPS) is 26.9. The predicted octanol–water partition coefficient (Wildman–Crippen LogP) is 2.61. The van der Waals surface area contributed by atoms with E-state index in [-0.39, 0.29) is 11.5 Å². The maximum absolute atomic E-state index is 9.97. The summed E-state index contributed by atoms with van der Waals surface area (Å²) in [7, 11) is 0. The molecule has 3 nitrogen and oxygen atoms in total. The third-order valence-corrected chi connectivity index (χ3v) is 4.56. The van der Waals surface area contributed by atoms with Crippen LogP contribution in [0.4, 0.5) is 0 Å². The van der Waals surface area contributed by atoms with Crippen molar-refractivity contribution in [2.75, 3.05) is 13.1 Å². The Morgan fingerprint density at radius 1 is 1.28 bits per heavy atom. The number of rotatable bonds is 2. The molecule has 1 heterocycles. The zero-order chi connectivity index (χ0) is 12.7. The summed E-state index contributed by atoms with van der Waals surface area (Å²) in [6.45, 7) is 4.58. The predicted molar refractivity (Wildman–Crippen MR) is 71.1 cm³/mol. The Balaban J connectivity index is 1.94. The van der Waals surface area contributed by atoms with Crippen LogP contribution in [-0.4, -0.2) is 34.2 Å². The van der Waals surface area contributed by atoms with Crippen molar-refractivity contribution < 1.29 is 10.2 Å². The lowest BCUT2D eigenvalue weighted by Crippen LogP contribution is -2.35. The van der Waals surface area contributed by atoms with Crippen LogP contribution in [0.15, 0.2) is 12.1 Å². The minimum absolute atomic E-state index is 0.0237. The van der Waals surface area contributed by atoms with E-state index in [1.165, 1.54) is 31.5 Å². The van der Waals surface area contributed by atoms with Crippen molar-refractivity contribution in [1.82, 2.24) is 4.90 Å². The highest BCUT2D eigenvalue weighted by Crippen LogP contribution is 2.46. The lowest BCUT2D eigenvalue weighted by molar-refractivity contribution is 0.226. The Morgan fingerprint density at radius 2 is 2.11 bits per heavy atom. The molecule has 0 spiro atoms. The Morgan fingerprint density at radius 3 is 2.89 bits per heavy atom. The van der Waals surface area contributed by atoms with Crippen LogP contribution < -0.4 is 0 Å². The van der Waals surface area contributed by atoms with Crippen molar-refractivity contribution in [3.8, 4) is 11.5 Å². The summed E-state index contributed by atoms with van der Waals surface area (Å²) >= 11 is 0. The lowest BCUT2D eigenvalue weighted by Gasteiger charge is -2.33. The van der Waals surface area contributed by atoms with Gasteiger partial charge in [0.15, 0.2) is 11.5 Å². The van der Waals surface area contributed by atoms with Gasteiger partial charge in [-0.2, -0.15) is 0 Å². The van der Waals surface area contributed by atoms with Crippen molar-refractivity contribution in [2.24, 2.45) is 0 Å². The van der Waals surface area contributed by atoms with E-state index in [9.17, 15) is 10.2 Å². The number of phenols is 2. The molecule has 0 radical (unpaired) electrons. The molecule has 3 heteroatoms. The molecule has 0 saturated carbocycles. The van der Waals surface area contributed by atoms with Crippen molar-refractivity contribution in [3.63, 3.8) is 0 Å². The molecule has 0 aromatic heterocycles. The van der Waals surface area contributed by atoms with Gasteiger partial charge in [0, 0.05) is 17.5 Å². The van der Waals surface area contributed by atoms with E-state index < -0.39 is 0 Å². The van der Waals surface area contributed by atoms with Gasteiger partial charge in [0.25, 0.3) is 0 Å². The summed E-state index contributed by atoms with van der Waals surface area (Å²) in [6.07, 6.45) is 4.38. The van der Waals surface area contributed by atoms with Gasteiger partial charge in [-0.05, 0) is 50.4 Å². The van der Waals surface area contributed by atoms with E-state index in [2.05, 4.69) is 11.8 Å². The average molecular weight is 247 g/mol. The summed E-state index contributed by atoms with van der Waals surface area (Å²) < 4.78 is 0. The van der Waals surface area contributed by atoms with Gasteiger partial charge in [-0.1, -0.05) is 13.0 Å². The molecular weight excluding hydrogens is 226 g/mol. The number of likely N-dealkylation sites (tertiary alicyclic amines) is 1. The smallest absolute Gasteiger partial charge is 0.160 e. The fourth-order valence-electron chi connectivity index (χ4n) is 3.77. The first-order valence-corrected chi connectivity index (χ1v) is 7.00. The molecule has 2 aliphatic rings. The van der Waals surface area contributed by atoms with Crippen molar-refractivity contribution in [1.29, 1.82) is 0 Å². The number of nitrogens with zero attached hydrogens (tertiary/aromatic N) is 1. The van der Waals surface area contributed by atoms with Crippen LogP contribution in [0.1, 0.15) is 43.2 Å². The number of benzene rings is 1. The van der Waals surface area contributed by atoms with E-state index in [0.29, 0.717) is 12.0 Å². The molecule has 1 saturated heterocycles. The molecular formula is C15H21NO2. The zero-order valence-electron chi connectivity index (χ0n) is 10.9. The van der Waals surface area contributed by atoms with Crippen molar-refractivity contribution in [3.05, 3.63) is 23.3 Å². The molecule has 98 valence electrons. The monoisotopic (exact) mass is 247 g/mol. The van der Waals surface area contributed by atoms with E-state index in [1.54, 1.807) is 6.07 Å². The SMILES string of the molecule is CCCN1CC[C@@H]2c3ccc(O)c(O)c3CC[C@H]21. The second kappa shape index (κ2) is 4.47. The van der Waals surface area contributed by atoms with Gasteiger partial charge in [0.2, 0.25) is 0 Å². The van der Waals surface area contributed by atoms with Gasteiger partial charge in [0.05, 0.1) is 0 Å². The van der Waals surface area contributed by atoms with E-state index in [4.69, 9.17) is 0 Å². The molecule has 0 bridgehead atoms. The highest BCUT2D eigenvalue weighted by Gasteiger charge is 2.39. The summed E-state index contributed by atoms with van der Waals surface area (Å²) in [5.74, 6) is 0.683. The first-order valence-electron chi connectivity index (χ1n) is 7.00. The molecule has 0 unspecified atom stereocenters. The highest BCUT2D eigenvalue weighted by atomic mass is 16.3. The molecule has 3 rings (SSSR count). The zero-order valence-corrected chi connectivity index (χ0v) is 10.9. The Labute approximate surface area is 108 Å². The molecule has 1 aliphatic heterocycles. The number of aromatic hydroxyl groups is 2. The van der Waals surface area contributed by atoms with Gasteiger partial charge in [-0.3, -0.25) is 4.90 Å². The minimum Gasteiger partial charge on any atom is -0.504 e. The topological polar surface area (TPSA) is 43.7 Å². The van der Waals surface area contributed by atoms with Gasteiger partial charge in [0.1, 0.15) is 0 Å². The van der Waals surface area contributed by atoms with Gasteiger partial charge in [-0.25, -0.2) is 0 Å². The Kier molecular flexibility index (Phi) is 2.94. The highest BCUT2D eigenvalue weighted by molar-refractivity contribution is 5.52. The Bertz CT molecular complexity index is 458. The number of phenolic OH excluding ortho intramolecular Hbond substituents is 2. The summed E-state index contributed by atoms with van der Waals surface area (Å²) in [4.78, 5) is 2.59. The van der Waals surface area contributed by atoms with Crippen molar-refractivity contribution in [2.45, 2.75) is 44.6 Å². The second-order valence-corrected chi connectivity index (χ2v) is 5.54. The fourth-order valence-corrected chi connectivity index (χ4v) is 3.77.